The van der Waals surface area contributed by atoms with Gasteiger partial charge in [-0.1, -0.05) is 0 Å². The zero-order valence-electron chi connectivity index (χ0n) is 10.2. The first-order valence-corrected chi connectivity index (χ1v) is 6.96. The number of hydrogen-bond acceptors (Lipinski definition) is 3. The van der Waals surface area contributed by atoms with E-state index in [1.54, 1.807) is 0 Å². The number of carbonyl (C=O) groups excluding carboxylic acids is 1. The molecule has 2 amide bonds. The normalized spacial score (nSPS) is 12.8. The zero-order valence-corrected chi connectivity index (χ0v) is 11.0. The molecule has 112 valence electrons. The van der Waals surface area contributed by atoms with Crippen LogP contribution < -0.4 is 5.32 Å². The fourth-order valence-corrected chi connectivity index (χ4v) is 1.71. The third-order valence-electron chi connectivity index (χ3n) is 1.87. The average molecular weight is 304 g/mol. The van der Waals surface area contributed by atoms with Crippen molar-refractivity contribution >= 4 is 22.8 Å². The van der Waals surface area contributed by atoms with Crippen molar-refractivity contribution in [1.29, 1.82) is 0 Å². The molecule has 1 unspecified atom stereocenters. The van der Waals surface area contributed by atoms with Crippen LogP contribution in [-0.2, 0) is 15.6 Å². The molecule has 19 heavy (non-hydrogen) atoms. The monoisotopic (exact) mass is 304 g/mol. The maximum absolute atomic E-state index is 12.2. The lowest BCUT2D eigenvalue weighted by molar-refractivity contribution is -0.148. The Balaban J connectivity index is 4.30. The molecule has 0 aromatic rings. The highest BCUT2D eigenvalue weighted by Gasteiger charge is 2.33. The van der Waals surface area contributed by atoms with Crippen molar-refractivity contribution in [1.82, 2.24) is 10.2 Å². The number of carboxylic acid groups (broad SMARTS) is 1. The SMILES string of the molecule is CS(=O)CCCNC(=O)N(CC(=O)O)CC(F)(F)F. The van der Waals surface area contributed by atoms with Gasteiger partial charge in [0.15, 0.2) is 0 Å². The molecule has 0 saturated carbocycles. The lowest BCUT2D eigenvalue weighted by atomic mass is 10.4. The molecule has 0 rings (SSSR count). The molecule has 0 aliphatic carbocycles. The van der Waals surface area contributed by atoms with E-state index in [2.05, 4.69) is 5.32 Å². The Hall–Kier alpha value is -1.32. The second-order valence-electron chi connectivity index (χ2n) is 3.73. The fraction of sp³-hybridized carbons (Fsp3) is 0.778. The third-order valence-corrected chi connectivity index (χ3v) is 2.73. The van der Waals surface area contributed by atoms with Crippen LogP contribution >= 0.6 is 0 Å². The standard InChI is InChI=1S/C9H15F3N2O4S/c1-19(18)4-2-3-13-8(17)14(5-7(15)16)6-9(10,11)12/h2-6H2,1H3,(H,13,17)(H,15,16). The topological polar surface area (TPSA) is 86.7 Å². The Kier molecular flexibility index (Phi) is 7.42. The first-order valence-electron chi connectivity index (χ1n) is 5.23. The summed E-state index contributed by atoms with van der Waals surface area (Å²) in [7, 11) is -1.05. The highest BCUT2D eigenvalue weighted by molar-refractivity contribution is 7.84. The number of rotatable bonds is 7. The molecule has 10 heteroatoms. The van der Waals surface area contributed by atoms with Gasteiger partial charge in [0.2, 0.25) is 0 Å². The first kappa shape index (κ1) is 17.7. The average Bonchev–Trinajstić information content (AvgIpc) is 2.20. The predicted octanol–water partition coefficient (Wildman–Crippen LogP) is 0.413. The van der Waals surface area contributed by atoms with Gasteiger partial charge in [0.1, 0.15) is 13.1 Å². The van der Waals surface area contributed by atoms with Crippen LogP contribution in [0.1, 0.15) is 6.42 Å². The van der Waals surface area contributed by atoms with Gasteiger partial charge in [-0.05, 0) is 6.42 Å². The van der Waals surface area contributed by atoms with E-state index in [9.17, 15) is 27.0 Å². The van der Waals surface area contributed by atoms with Gasteiger partial charge in [-0.15, -0.1) is 0 Å². The van der Waals surface area contributed by atoms with E-state index in [0.29, 0.717) is 12.2 Å². The number of nitrogens with one attached hydrogen (secondary N) is 1. The van der Waals surface area contributed by atoms with Gasteiger partial charge in [0.25, 0.3) is 0 Å². The highest BCUT2D eigenvalue weighted by atomic mass is 32.2. The number of aliphatic carboxylic acids is 1. The number of hydrogen-bond donors (Lipinski definition) is 2. The zero-order chi connectivity index (χ0) is 15.1. The maximum Gasteiger partial charge on any atom is 0.406 e. The molecule has 0 saturated heterocycles. The summed E-state index contributed by atoms with van der Waals surface area (Å²) in [5.41, 5.74) is 0. The molecule has 0 bridgehead atoms. The Morgan fingerprint density at radius 3 is 2.37 bits per heavy atom. The summed E-state index contributed by atoms with van der Waals surface area (Å²) >= 11 is 0. The van der Waals surface area contributed by atoms with E-state index in [1.165, 1.54) is 6.26 Å². The molecule has 0 heterocycles. The summed E-state index contributed by atoms with van der Waals surface area (Å²) in [6.45, 7) is -2.64. The maximum atomic E-state index is 12.2. The lowest BCUT2D eigenvalue weighted by Crippen LogP contribution is -2.47. The van der Waals surface area contributed by atoms with E-state index in [0.717, 1.165) is 0 Å². The summed E-state index contributed by atoms with van der Waals surface area (Å²) in [5.74, 6) is -1.23. The van der Waals surface area contributed by atoms with Crippen molar-refractivity contribution in [2.75, 3.05) is 31.6 Å². The molecular formula is C9H15F3N2O4S. The van der Waals surface area contributed by atoms with Gasteiger partial charge in [-0.2, -0.15) is 13.2 Å². The van der Waals surface area contributed by atoms with Crippen LogP contribution in [0.15, 0.2) is 0 Å². The molecular weight excluding hydrogens is 289 g/mol. The van der Waals surface area contributed by atoms with Gasteiger partial charge in [0, 0.05) is 29.4 Å². The van der Waals surface area contributed by atoms with Crippen molar-refractivity contribution in [2.24, 2.45) is 0 Å². The van der Waals surface area contributed by atoms with Gasteiger partial charge in [0.05, 0.1) is 0 Å². The molecule has 0 aliphatic rings. The molecule has 0 spiro atoms. The number of alkyl halides is 3. The van der Waals surface area contributed by atoms with Crippen molar-refractivity contribution in [3.63, 3.8) is 0 Å². The largest absolute Gasteiger partial charge is 0.480 e. The number of nitrogens with zero attached hydrogens (tertiary/aromatic N) is 1. The summed E-state index contributed by atoms with van der Waals surface area (Å²) < 4.78 is 47.2. The van der Waals surface area contributed by atoms with E-state index < -0.39 is 42.1 Å². The second-order valence-corrected chi connectivity index (χ2v) is 5.28. The molecule has 6 nitrogen and oxygen atoms in total. The second kappa shape index (κ2) is 7.97. The lowest BCUT2D eigenvalue weighted by Gasteiger charge is -2.22. The predicted molar refractivity (Wildman–Crippen MR) is 62.2 cm³/mol. The summed E-state index contributed by atoms with van der Waals surface area (Å²) in [6, 6.07) is -1.11. The summed E-state index contributed by atoms with van der Waals surface area (Å²) in [6.07, 6.45) is -2.87. The molecule has 0 fully saturated rings. The van der Waals surface area contributed by atoms with Crippen LogP contribution in [0.2, 0.25) is 0 Å². The number of halogens is 3. The van der Waals surface area contributed by atoms with Gasteiger partial charge < -0.3 is 15.3 Å². The quantitative estimate of drug-likeness (QED) is 0.667. The highest BCUT2D eigenvalue weighted by Crippen LogP contribution is 2.16. The van der Waals surface area contributed by atoms with Crippen LogP contribution in [0, 0.1) is 0 Å². The van der Waals surface area contributed by atoms with Crippen molar-refractivity contribution in [3.8, 4) is 0 Å². The van der Waals surface area contributed by atoms with Crippen molar-refractivity contribution in [3.05, 3.63) is 0 Å². The molecule has 0 aliphatic heterocycles. The van der Waals surface area contributed by atoms with Crippen molar-refractivity contribution < 1.29 is 32.1 Å². The molecule has 1 atom stereocenters. The smallest absolute Gasteiger partial charge is 0.406 e. The minimum atomic E-state index is -4.67. The fourth-order valence-electron chi connectivity index (χ4n) is 1.16. The Morgan fingerprint density at radius 2 is 1.95 bits per heavy atom. The minimum Gasteiger partial charge on any atom is -0.480 e. The minimum absolute atomic E-state index is 0.0341. The molecule has 2 N–H and O–H groups in total. The van der Waals surface area contributed by atoms with Crippen molar-refractivity contribution in [2.45, 2.75) is 12.6 Å². The molecule has 0 aromatic heterocycles. The van der Waals surface area contributed by atoms with Gasteiger partial charge in [-0.25, -0.2) is 4.79 Å². The van der Waals surface area contributed by atoms with Crippen LogP contribution in [0.4, 0.5) is 18.0 Å². The van der Waals surface area contributed by atoms with Crippen LogP contribution in [-0.4, -0.2) is 64.0 Å². The summed E-state index contributed by atoms with van der Waals surface area (Å²) in [5, 5.41) is 10.6. The number of carbonyl (C=O) groups is 2. The van der Waals surface area contributed by atoms with Crippen LogP contribution in [0.5, 0.6) is 0 Å². The van der Waals surface area contributed by atoms with Gasteiger partial charge in [-0.3, -0.25) is 9.00 Å². The van der Waals surface area contributed by atoms with E-state index in [1.807, 2.05) is 0 Å². The van der Waals surface area contributed by atoms with E-state index in [4.69, 9.17) is 5.11 Å². The number of carboxylic acids is 1. The Labute approximate surface area is 110 Å². The Morgan fingerprint density at radius 1 is 1.37 bits per heavy atom. The third kappa shape index (κ3) is 10.3. The molecule has 0 aromatic carbocycles. The van der Waals surface area contributed by atoms with E-state index in [-0.39, 0.29) is 11.4 Å². The Bertz CT molecular complexity index is 349. The van der Waals surface area contributed by atoms with Gasteiger partial charge >= 0.3 is 18.2 Å². The van der Waals surface area contributed by atoms with Crippen LogP contribution in [0.25, 0.3) is 0 Å². The number of urea groups is 1. The first-order chi connectivity index (χ1) is 8.61. The summed E-state index contributed by atoms with van der Waals surface area (Å²) in [4.78, 5) is 21.9. The molecule has 0 radical (unpaired) electrons. The van der Waals surface area contributed by atoms with E-state index >= 15 is 0 Å². The van der Waals surface area contributed by atoms with Crippen LogP contribution in [0.3, 0.4) is 0 Å². The number of amides is 2.